The van der Waals surface area contributed by atoms with Gasteiger partial charge in [0.2, 0.25) is 0 Å². The Morgan fingerprint density at radius 3 is 2.76 bits per heavy atom. The Kier molecular flexibility index (Phi) is 4.98. The molecule has 0 amide bonds. The van der Waals surface area contributed by atoms with Crippen LogP contribution < -0.4 is 4.74 Å². The smallest absolute Gasteiger partial charge is 0.341 e. The fraction of sp³-hybridized carbons (Fsp3) is 0.375. The van der Waals surface area contributed by atoms with Crippen LogP contribution in [0.1, 0.15) is 35.5 Å². The minimum absolute atomic E-state index is 0.279. The fourth-order valence-electron chi connectivity index (χ4n) is 2.10. The lowest BCUT2D eigenvalue weighted by Crippen LogP contribution is -2.11. The van der Waals surface area contributed by atoms with E-state index in [1.807, 2.05) is 24.3 Å². The van der Waals surface area contributed by atoms with Crippen molar-refractivity contribution in [3.05, 3.63) is 47.3 Å². The average Bonchev–Trinajstić information content (AvgIpc) is 2.86. The highest BCUT2D eigenvalue weighted by molar-refractivity contribution is 5.90. The topological polar surface area (TPSA) is 53.3 Å². The normalized spacial score (nSPS) is 10.4. The predicted molar refractivity (Wildman–Crippen MR) is 79.3 cm³/mol. The summed E-state index contributed by atoms with van der Waals surface area (Å²) >= 11 is 0. The lowest BCUT2D eigenvalue weighted by molar-refractivity contribution is 0.0523. The van der Waals surface area contributed by atoms with Crippen LogP contribution in [0.3, 0.4) is 0 Å². The Morgan fingerprint density at radius 1 is 1.29 bits per heavy atom. The molecule has 0 N–H and O–H groups in total. The number of nitrogens with zero attached hydrogens (tertiary/aromatic N) is 2. The van der Waals surface area contributed by atoms with Gasteiger partial charge in [-0.25, -0.2) is 4.79 Å². The highest BCUT2D eigenvalue weighted by atomic mass is 16.5. The first kappa shape index (κ1) is 15.1. The minimum Gasteiger partial charge on any atom is -0.487 e. The summed E-state index contributed by atoms with van der Waals surface area (Å²) in [6.07, 6.45) is 2.41. The van der Waals surface area contributed by atoms with Crippen LogP contribution in [0.25, 0.3) is 0 Å². The molecular formula is C16H20N2O3. The first-order chi connectivity index (χ1) is 10.2. The Labute approximate surface area is 124 Å². The molecule has 0 bridgehead atoms. The molecule has 0 fully saturated rings. The number of para-hydroxylation sites is 1. The van der Waals surface area contributed by atoms with E-state index in [9.17, 15) is 4.79 Å². The first-order valence-electron chi connectivity index (χ1n) is 7.06. The summed E-state index contributed by atoms with van der Waals surface area (Å²) in [6, 6.07) is 7.88. The maximum atomic E-state index is 11.9. The van der Waals surface area contributed by atoms with Gasteiger partial charge in [-0.15, -0.1) is 0 Å². The molecule has 0 saturated carbocycles. The highest BCUT2D eigenvalue weighted by Crippen LogP contribution is 2.20. The number of hydrogen-bond donors (Lipinski definition) is 0. The third kappa shape index (κ3) is 3.42. The van der Waals surface area contributed by atoms with E-state index >= 15 is 0 Å². The molecule has 2 aromatic rings. The summed E-state index contributed by atoms with van der Waals surface area (Å²) in [5, 5.41) is 4.11. The molecule has 0 aliphatic carbocycles. The molecule has 0 unspecified atom stereocenters. The van der Waals surface area contributed by atoms with Crippen LogP contribution in [-0.2, 0) is 24.8 Å². The van der Waals surface area contributed by atoms with Gasteiger partial charge in [-0.05, 0) is 25.0 Å². The van der Waals surface area contributed by atoms with Crippen LogP contribution in [0.2, 0.25) is 0 Å². The molecule has 1 aromatic carbocycles. The monoisotopic (exact) mass is 288 g/mol. The zero-order valence-electron chi connectivity index (χ0n) is 12.6. The molecule has 0 spiro atoms. The van der Waals surface area contributed by atoms with Gasteiger partial charge in [-0.3, -0.25) is 4.68 Å². The van der Waals surface area contributed by atoms with Crippen molar-refractivity contribution >= 4 is 5.97 Å². The number of carbonyl (C=O) groups excluding carboxylic acids is 1. The van der Waals surface area contributed by atoms with Crippen LogP contribution in [0.5, 0.6) is 5.75 Å². The second-order valence-electron chi connectivity index (χ2n) is 4.60. The van der Waals surface area contributed by atoms with Crippen LogP contribution in [0.15, 0.2) is 30.5 Å². The Morgan fingerprint density at radius 2 is 2.05 bits per heavy atom. The van der Waals surface area contributed by atoms with E-state index in [4.69, 9.17) is 9.47 Å². The predicted octanol–water partition coefficient (Wildman–Crippen LogP) is 2.74. The Hall–Kier alpha value is -2.30. The van der Waals surface area contributed by atoms with Gasteiger partial charge in [0.1, 0.15) is 17.9 Å². The number of ether oxygens (including phenoxy) is 2. The van der Waals surface area contributed by atoms with Crippen LogP contribution in [0, 0.1) is 0 Å². The van der Waals surface area contributed by atoms with Crippen LogP contribution >= 0.6 is 0 Å². The molecule has 0 radical (unpaired) electrons. The number of aromatic nitrogens is 2. The molecule has 0 saturated heterocycles. The second-order valence-corrected chi connectivity index (χ2v) is 4.60. The number of benzene rings is 1. The fourth-order valence-corrected chi connectivity index (χ4v) is 2.10. The van der Waals surface area contributed by atoms with Crippen molar-refractivity contribution in [1.82, 2.24) is 9.78 Å². The van der Waals surface area contributed by atoms with Gasteiger partial charge in [0.25, 0.3) is 0 Å². The quantitative estimate of drug-likeness (QED) is 0.767. The van der Waals surface area contributed by atoms with E-state index in [1.165, 1.54) is 6.20 Å². The zero-order valence-corrected chi connectivity index (χ0v) is 12.6. The van der Waals surface area contributed by atoms with Gasteiger partial charge in [0.05, 0.1) is 18.5 Å². The first-order valence-corrected chi connectivity index (χ1v) is 7.06. The van der Waals surface area contributed by atoms with Crippen molar-refractivity contribution in [2.45, 2.75) is 26.9 Å². The van der Waals surface area contributed by atoms with E-state index in [2.05, 4.69) is 12.0 Å². The molecule has 5 nitrogen and oxygen atoms in total. The molecule has 112 valence electrons. The minimum atomic E-state index is -0.368. The standard InChI is InChI=1S/C16H20N2O3/c1-4-12-8-6-7-9-15(12)21-11-14-13(10-17-18(14)3)16(19)20-5-2/h6-10H,4-5,11H2,1-3H3. The molecular weight excluding hydrogens is 268 g/mol. The molecule has 21 heavy (non-hydrogen) atoms. The van der Waals surface area contributed by atoms with E-state index in [0.29, 0.717) is 17.9 Å². The van der Waals surface area contributed by atoms with Crippen LogP contribution in [-0.4, -0.2) is 22.4 Å². The van der Waals surface area contributed by atoms with Gasteiger partial charge in [0.15, 0.2) is 0 Å². The largest absolute Gasteiger partial charge is 0.487 e. The number of carbonyl (C=O) groups is 1. The summed E-state index contributed by atoms with van der Waals surface area (Å²) in [7, 11) is 1.78. The van der Waals surface area contributed by atoms with Crippen molar-refractivity contribution < 1.29 is 14.3 Å². The van der Waals surface area contributed by atoms with Crippen molar-refractivity contribution in [2.75, 3.05) is 6.61 Å². The van der Waals surface area contributed by atoms with Crippen molar-refractivity contribution in [3.63, 3.8) is 0 Å². The zero-order chi connectivity index (χ0) is 15.2. The van der Waals surface area contributed by atoms with Gasteiger partial charge >= 0.3 is 5.97 Å². The van der Waals surface area contributed by atoms with Gasteiger partial charge < -0.3 is 9.47 Å². The summed E-state index contributed by atoms with van der Waals surface area (Å²) in [4.78, 5) is 11.9. The third-order valence-corrected chi connectivity index (χ3v) is 3.27. The van der Waals surface area contributed by atoms with Crippen molar-refractivity contribution in [3.8, 4) is 5.75 Å². The van der Waals surface area contributed by atoms with Crippen molar-refractivity contribution in [1.29, 1.82) is 0 Å². The van der Waals surface area contributed by atoms with E-state index in [0.717, 1.165) is 17.7 Å². The molecule has 1 heterocycles. The molecule has 1 aromatic heterocycles. The van der Waals surface area contributed by atoms with Gasteiger partial charge in [0, 0.05) is 7.05 Å². The van der Waals surface area contributed by atoms with Gasteiger partial charge in [-0.2, -0.15) is 5.10 Å². The lowest BCUT2D eigenvalue weighted by Gasteiger charge is -2.11. The number of hydrogen-bond acceptors (Lipinski definition) is 4. The number of rotatable bonds is 6. The van der Waals surface area contributed by atoms with Crippen LogP contribution in [0.4, 0.5) is 0 Å². The van der Waals surface area contributed by atoms with E-state index in [1.54, 1.807) is 18.7 Å². The Balaban J connectivity index is 2.16. The number of aryl methyl sites for hydroxylation is 2. The second kappa shape index (κ2) is 6.92. The summed E-state index contributed by atoms with van der Waals surface area (Å²) in [6.45, 7) is 4.48. The van der Waals surface area contributed by atoms with Gasteiger partial charge in [-0.1, -0.05) is 25.1 Å². The summed E-state index contributed by atoms with van der Waals surface area (Å²) in [5.74, 6) is 0.462. The Bertz CT molecular complexity index is 620. The van der Waals surface area contributed by atoms with Crippen molar-refractivity contribution in [2.24, 2.45) is 7.05 Å². The van der Waals surface area contributed by atoms with E-state index < -0.39 is 0 Å². The molecule has 0 aliphatic heterocycles. The molecule has 5 heteroatoms. The summed E-state index contributed by atoms with van der Waals surface area (Å²) < 4.78 is 12.5. The maximum absolute atomic E-state index is 11.9. The number of esters is 1. The molecule has 0 aliphatic rings. The third-order valence-electron chi connectivity index (χ3n) is 3.27. The highest BCUT2D eigenvalue weighted by Gasteiger charge is 2.17. The maximum Gasteiger partial charge on any atom is 0.341 e. The van der Waals surface area contributed by atoms with E-state index in [-0.39, 0.29) is 12.6 Å². The average molecular weight is 288 g/mol. The SMILES string of the molecule is CCOC(=O)c1cnn(C)c1COc1ccccc1CC. The molecule has 0 atom stereocenters. The molecule has 2 rings (SSSR count). The lowest BCUT2D eigenvalue weighted by atomic mass is 10.1. The summed E-state index contributed by atoms with van der Waals surface area (Å²) in [5.41, 5.74) is 2.30.